The Labute approximate surface area is 124 Å². The molecule has 1 aromatic rings. The van der Waals surface area contributed by atoms with E-state index in [2.05, 4.69) is 4.90 Å². The summed E-state index contributed by atoms with van der Waals surface area (Å²) in [5, 5.41) is 0.465. The number of carbonyl (C=O) groups is 1. The Bertz CT molecular complexity index is 459. The van der Waals surface area contributed by atoms with Crippen LogP contribution in [0, 0.1) is 0 Å². The summed E-state index contributed by atoms with van der Waals surface area (Å²) in [7, 11) is 1.54. The zero-order valence-corrected chi connectivity index (χ0v) is 12.5. The first-order valence-electron chi connectivity index (χ1n) is 6.92. The van der Waals surface area contributed by atoms with Gasteiger partial charge in [0.15, 0.2) is 17.8 Å². The second-order valence-corrected chi connectivity index (χ2v) is 5.33. The molecule has 1 saturated heterocycles. The van der Waals surface area contributed by atoms with Gasteiger partial charge in [-0.05, 0) is 32.0 Å². The summed E-state index contributed by atoms with van der Waals surface area (Å²) in [5.74, 6) is 0.974. The zero-order chi connectivity index (χ0) is 14.4. The fourth-order valence-electron chi connectivity index (χ4n) is 2.44. The number of ether oxygens (including phenoxy) is 2. The summed E-state index contributed by atoms with van der Waals surface area (Å²) in [5.41, 5.74) is 0.424. The average molecular weight is 298 g/mol. The highest BCUT2D eigenvalue weighted by Crippen LogP contribution is 2.33. The van der Waals surface area contributed by atoms with Gasteiger partial charge in [0.2, 0.25) is 0 Å². The number of piperidine rings is 1. The van der Waals surface area contributed by atoms with Crippen LogP contribution in [0.25, 0.3) is 0 Å². The first-order chi connectivity index (χ1) is 9.74. The Morgan fingerprint density at radius 2 is 2.05 bits per heavy atom. The number of aldehydes is 1. The van der Waals surface area contributed by atoms with Gasteiger partial charge in [0, 0.05) is 17.6 Å². The van der Waals surface area contributed by atoms with Gasteiger partial charge in [-0.3, -0.25) is 9.69 Å². The van der Waals surface area contributed by atoms with Crippen LogP contribution >= 0.6 is 11.6 Å². The molecule has 0 amide bonds. The van der Waals surface area contributed by atoms with E-state index in [1.54, 1.807) is 12.1 Å². The van der Waals surface area contributed by atoms with Crippen LogP contribution in [-0.2, 0) is 0 Å². The summed E-state index contributed by atoms with van der Waals surface area (Å²) in [6.07, 6.45) is 4.57. The highest BCUT2D eigenvalue weighted by Gasteiger charge is 2.14. The molecule has 0 spiro atoms. The third kappa shape index (κ3) is 3.87. The summed E-state index contributed by atoms with van der Waals surface area (Å²) in [6.45, 7) is 3.66. The Morgan fingerprint density at radius 3 is 2.70 bits per heavy atom. The van der Waals surface area contributed by atoms with Crippen molar-refractivity contribution < 1.29 is 14.3 Å². The number of benzene rings is 1. The van der Waals surface area contributed by atoms with Crippen molar-refractivity contribution in [1.82, 2.24) is 4.90 Å². The lowest BCUT2D eigenvalue weighted by atomic mass is 10.1. The second-order valence-electron chi connectivity index (χ2n) is 4.90. The number of nitrogens with zero attached hydrogens (tertiary/aromatic N) is 1. The van der Waals surface area contributed by atoms with Crippen molar-refractivity contribution in [2.45, 2.75) is 19.3 Å². The maximum atomic E-state index is 11.1. The molecule has 1 heterocycles. The SMILES string of the molecule is COc1cc(Cl)cc(C=O)c1OCCN1CCCCC1. The van der Waals surface area contributed by atoms with Crippen molar-refractivity contribution in [3.63, 3.8) is 0 Å². The molecule has 20 heavy (non-hydrogen) atoms. The van der Waals surface area contributed by atoms with Crippen molar-refractivity contribution in [3.05, 3.63) is 22.7 Å². The number of rotatable bonds is 6. The van der Waals surface area contributed by atoms with E-state index in [1.807, 2.05) is 0 Å². The van der Waals surface area contributed by atoms with E-state index in [0.717, 1.165) is 25.9 Å². The summed E-state index contributed by atoms with van der Waals surface area (Å²) in [4.78, 5) is 13.5. The largest absolute Gasteiger partial charge is 0.493 e. The molecule has 0 radical (unpaired) electrons. The maximum Gasteiger partial charge on any atom is 0.171 e. The molecule has 1 aliphatic rings. The Hall–Kier alpha value is -1.26. The topological polar surface area (TPSA) is 38.8 Å². The average Bonchev–Trinajstić information content (AvgIpc) is 2.49. The third-order valence-electron chi connectivity index (χ3n) is 3.50. The van der Waals surface area contributed by atoms with Crippen LogP contribution in [-0.4, -0.2) is 44.5 Å². The van der Waals surface area contributed by atoms with Gasteiger partial charge in [-0.15, -0.1) is 0 Å². The lowest BCUT2D eigenvalue weighted by Crippen LogP contribution is -2.33. The van der Waals surface area contributed by atoms with Gasteiger partial charge in [-0.1, -0.05) is 18.0 Å². The lowest BCUT2D eigenvalue weighted by Gasteiger charge is -2.26. The monoisotopic (exact) mass is 297 g/mol. The van der Waals surface area contributed by atoms with Gasteiger partial charge in [0.1, 0.15) is 6.61 Å². The minimum Gasteiger partial charge on any atom is -0.493 e. The minimum absolute atomic E-state index is 0.424. The van der Waals surface area contributed by atoms with E-state index in [1.165, 1.54) is 26.4 Å². The molecule has 0 N–H and O–H groups in total. The first kappa shape index (κ1) is 15.1. The van der Waals surface area contributed by atoms with E-state index in [9.17, 15) is 4.79 Å². The van der Waals surface area contributed by atoms with E-state index >= 15 is 0 Å². The molecule has 0 aromatic heterocycles. The smallest absolute Gasteiger partial charge is 0.171 e. The number of methoxy groups -OCH3 is 1. The number of carbonyl (C=O) groups excluding carboxylic acids is 1. The molecule has 0 unspecified atom stereocenters. The predicted molar refractivity (Wildman–Crippen MR) is 79.2 cm³/mol. The fourth-order valence-corrected chi connectivity index (χ4v) is 2.66. The first-order valence-corrected chi connectivity index (χ1v) is 7.30. The van der Waals surface area contributed by atoms with Crippen molar-refractivity contribution in [2.75, 3.05) is 33.4 Å². The van der Waals surface area contributed by atoms with Crippen LogP contribution in [0.3, 0.4) is 0 Å². The molecular formula is C15H20ClNO3. The lowest BCUT2D eigenvalue weighted by molar-refractivity contribution is 0.111. The number of likely N-dealkylation sites (tertiary alicyclic amines) is 1. The van der Waals surface area contributed by atoms with Crippen LogP contribution in [0.15, 0.2) is 12.1 Å². The van der Waals surface area contributed by atoms with Crippen molar-refractivity contribution in [3.8, 4) is 11.5 Å². The van der Waals surface area contributed by atoms with Crippen molar-refractivity contribution in [1.29, 1.82) is 0 Å². The third-order valence-corrected chi connectivity index (χ3v) is 3.72. The molecule has 0 bridgehead atoms. The van der Waals surface area contributed by atoms with Gasteiger partial charge in [0.25, 0.3) is 0 Å². The Kier molecular flexibility index (Phi) is 5.68. The highest BCUT2D eigenvalue weighted by molar-refractivity contribution is 6.31. The normalized spacial score (nSPS) is 15.9. The number of halogens is 1. The van der Waals surface area contributed by atoms with Crippen molar-refractivity contribution in [2.24, 2.45) is 0 Å². The standard InChI is InChI=1S/C15H20ClNO3/c1-19-14-10-13(16)9-12(11-18)15(14)20-8-7-17-5-3-2-4-6-17/h9-11H,2-8H2,1H3. The van der Waals surface area contributed by atoms with Gasteiger partial charge >= 0.3 is 0 Å². The van der Waals surface area contributed by atoms with Crippen LogP contribution in [0.5, 0.6) is 11.5 Å². The second kappa shape index (κ2) is 7.50. The van der Waals surface area contributed by atoms with Crippen LogP contribution in [0.4, 0.5) is 0 Å². The molecule has 1 fully saturated rings. The zero-order valence-electron chi connectivity index (χ0n) is 11.7. The van der Waals surface area contributed by atoms with Gasteiger partial charge < -0.3 is 9.47 Å². The molecule has 0 atom stereocenters. The van der Waals surface area contributed by atoms with Crippen LogP contribution in [0.1, 0.15) is 29.6 Å². The van der Waals surface area contributed by atoms with Gasteiger partial charge in [-0.25, -0.2) is 0 Å². The van der Waals surface area contributed by atoms with E-state index in [-0.39, 0.29) is 0 Å². The molecule has 1 aliphatic heterocycles. The molecule has 0 aliphatic carbocycles. The summed E-state index contributed by atoms with van der Waals surface area (Å²) >= 11 is 5.93. The molecule has 1 aromatic carbocycles. The van der Waals surface area contributed by atoms with E-state index in [4.69, 9.17) is 21.1 Å². The van der Waals surface area contributed by atoms with Gasteiger partial charge in [0.05, 0.1) is 12.7 Å². The van der Waals surface area contributed by atoms with Crippen LogP contribution < -0.4 is 9.47 Å². The summed E-state index contributed by atoms with van der Waals surface area (Å²) in [6, 6.07) is 3.25. The molecule has 110 valence electrons. The Morgan fingerprint density at radius 1 is 1.30 bits per heavy atom. The fraction of sp³-hybridized carbons (Fsp3) is 0.533. The van der Waals surface area contributed by atoms with Crippen LogP contribution in [0.2, 0.25) is 5.02 Å². The quantitative estimate of drug-likeness (QED) is 0.757. The highest BCUT2D eigenvalue weighted by atomic mass is 35.5. The molecular weight excluding hydrogens is 278 g/mol. The van der Waals surface area contributed by atoms with E-state index < -0.39 is 0 Å². The number of hydrogen-bond donors (Lipinski definition) is 0. The predicted octanol–water partition coefficient (Wildman–Crippen LogP) is 3.03. The maximum absolute atomic E-state index is 11.1. The number of hydrogen-bond acceptors (Lipinski definition) is 4. The minimum atomic E-state index is 0.424. The van der Waals surface area contributed by atoms with Gasteiger partial charge in [-0.2, -0.15) is 0 Å². The Balaban J connectivity index is 1.98. The van der Waals surface area contributed by atoms with Crippen molar-refractivity contribution >= 4 is 17.9 Å². The van der Waals surface area contributed by atoms with E-state index in [0.29, 0.717) is 28.7 Å². The molecule has 4 nitrogen and oxygen atoms in total. The molecule has 5 heteroatoms. The summed E-state index contributed by atoms with van der Waals surface area (Å²) < 4.78 is 11.0. The molecule has 2 rings (SSSR count). The molecule has 0 saturated carbocycles.